The van der Waals surface area contributed by atoms with Crippen molar-refractivity contribution in [3.05, 3.63) is 29.3 Å². The first-order valence-corrected chi connectivity index (χ1v) is 4.07. The van der Waals surface area contributed by atoms with Crippen LogP contribution < -0.4 is 0 Å². The minimum Gasteiger partial charge on any atom is -0.506 e. The summed E-state index contributed by atoms with van der Waals surface area (Å²) in [7, 11) is 0. The van der Waals surface area contributed by atoms with E-state index in [0.717, 1.165) is 0 Å². The summed E-state index contributed by atoms with van der Waals surface area (Å²) in [6, 6.07) is 2.91. The highest BCUT2D eigenvalue weighted by Crippen LogP contribution is 2.21. The van der Waals surface area contributed by atoms with Crippen LogP contribution >= 0.6 is 11.6 Å². The lowest BCUT2D eigenvalue weighted by Gasteiger charge is -1.96. The molecule has 0 saturated carbocycles. The van der Waals surface area contributed by atoms with E-state index in [1.807, 2.05) is 0 Å². The summed E-state index contributed by atoms with van der Waals surface area (Å²) in [5, 5.41) is 18.0. The van der Waals surface area contributed by atoms with Gasteiger partial charge in [0.2, 0.25) is 5.82 Å². The molecule has 0 fully saturated rings. The first kappa shape index (κ1) is 8.83. The number of aromatic carboxylic acids is 1. The van der Waals surface area contributed by atoms with Crippen LogP contribution in [-0.4, -0.2) is 25.6 Å². The van der Waals surface area contributed by atoms with Gasteiger partial charge in [0.15, 0.2) is 5.15 Å². The molecule has 0 spiro atoms. The summed E-state index contributed by atoms with van der Waals surface area (Å²) >= 11 is 5.70. The molecule has 5 nitrogen and oxygen atoms in total. The van der Waals surface area contributed by atoms with Crippen LogP contribution in [0.5, 0.6) is 5.75 Å². The number of nitrogens with zero attached hydrogens (tertiary/aromatic N) is 2. The Hall–Kier alpha value is -1.75. The van der Waals surface area contributed by atoms with Crippen LogP contribution in [0.15, 0.2) is 18.3 Å². The Morgan fingerprint density at radius 1 is 1.50 bits per heavy atom. The number of hydrogen-bond donors (Lipinski definition) is 2. The molecule has 0 aliphatic rings. The van der Waals surface area contributed by atoms with Gasteiger partial charge in [-0.05, 0) is 12.1 Å². The van der Waals surface area contributed by atoms with Crippen LogP contribution in [0.25, 0.3) is 5.52 Å². The van der Waals surface area contributed by atoms with Gasteiger partial charge in [0.1, 0.15) is 5.75 Å². The SMILES string of the molecule is O=C(O)c1nc(Cl)c2ccc(O)cn12. The van der Waals surface area contributed by atoms with Crippen LogP contribution in [0.1, 0.15) is 10.6 Å². The second-order valence-electron chi connectivity index (χ2n) is 2.67. The monoisotopic (exact) mass is 212 g/mol. The Balaban J connectivity index is 2.85. The molecule has 0 radical (unpaired) electrons. The first-order chi connectivity index (χ1) is 6.59. The van der Waals surface area contributed by atoms with Gasteiger partial charge in [-0.1, -0.05) is 11.6 Å². The van der Waals surface area contributed by atoms with E-state index in [1.54, 1.807) is 0 Å². The first-order valence-electron chi connectivity index (χ1n) is 3.69. The van der Waals surface area contributed by atoms with Crippen molar-refractivity contribution >= 4 is 23.1 Å². The maximum absolute atomic E-state index is 10.7. The van der Waals surface area contributed by atoms with Crippen molar-refractivity contribution in [3.8, 4) is 5.75 Å². The van der Waals surface area contributed by atoms with Gasteiger partial charge in [0.05, 0.1) is 11.7 Å². The molecular weight excluding hydrogens is 208 g/mol. The smallest absolute Gasteiger partial charge is 0.372 e. The third-order valence-corrected chi connectivity index (χ3v) is 2.05. The standard InChI is InChI=1S/C8H5ClN2O3/c9-6-5-2-1-4(12)3-11(5)7(10-6)8(13)14/h1-3,12H,(H,13,14). The number of carboxylic acids is 1. The zero-order valence-corrected chi connectivity index (χ0v) is 7.56. The number of carboxylic acid groups (broad SMARTS) is 1. The number of aromatic hydroxyl groups is 1. The number of halogens is 1. The molecule has 2 aromatic rings. The minimum absolute atomic E-state index is 0.0472. The summed E-state index contributed by atoms with van der Waals surface area (Å²) < 4.78 is 1.22. The lowest BCUT2D eigenvalue weighted by molar-refractivity contribution is 0.0683. The fourth-order valence-electron chi connectivity index (χ4n) is 1.19. The molecule has 0 aliphatic carbocycles. The van der Waals surface area contributed by atoms with Crippen LogP contribution in [0, 0.1) is 0 Å². The van der Waals surface area contributed by atoms with Gasteiger partial charge in [-0.2, -0.15) is 0 Å². The number of hydrogen-bond acceptors (Lipinski definition) is 3. The highest BCUT2D eigenvalue weighted by Gasteiger charge is 2.15. The lowest BCUT2D eigenvalue weighted by atomic mass is 10.4. The Labute approximate surface area is 83.2 Å². The van der Waals surface area contributed by atoms with Crippen LogP contribution in [-0.2, 0) is 0 Å². The van der Waals surface area contributed by atoms with E-state index in [9.17, 15) is 4.79 Å². The van der Waals surface area contributed by atoms with Crippen molar-refractivity contribution in [3.63, 3.8) is 0 Å². The summed E-state index contributed by atoms with van der Waals surface area (Å²) in [6.45, 7) is 0. The van der Waals surface area contributed by atoms with Crippen LogP contribution in [0.3, 0.4) is 0 Å². The molecule has 2 aromatic heterocycles. The molecule has 72 valence electrons. The van der Waals surface area contributed by atoms with Gasteiger partial charge < -0.3 is 10.2 Å². The number of pyridine rings is 1. The average molecular weight is 213 g/mol. The quantitative estimate of drug-likeness (QED) is 0.749. The highest BCUT2D eigenvalue weighted by atomic mass is 35.5. The molecule has 0 bridgehead atoms. The maximum Gasteiger partial charge on any atom is 0.372 e. The normalized spacial score (nSPS) is 10.6. The van der Waals surface area contributed by atoms with Gasteiger partial charge in [-0.25, -0.2) is 9.78 Å². The number of aromatic nitrogens is 2. The molecular formula is C8H5ClN2O3. The number of rotatable bonds is 1. The third kappa shape index (κ3) is 1.18. The zero-order valence-electron chi connectivity index (χ0n) is 6.81. The zero-order chi connectivity index (χ0) is 10.3. The molecule has 0 amide bonds. The minimum atomic E-state index is -1.20. The third-order valence-electron chi connectivity index (χ3n) is 1.77. The molecule has 14 heavy (non-hydrogen) atoms. The predicted molar refractivity (Wildman–Crippen MR) is 48.8 cm³/mol. The molecule has 0 unspecified atom stereocenters. The average Bonchev–Trinajstić information content (AvgIpc) is 2.43. The van der Waals surface area contributed by atoms with Gasteiger partial charge in [-0.3, -0.25) is 4.40 Å². The fourth-order valence-corrected chi connectivity index (χ4v) is 1.42. The van der Waals surface area contributed by atoms with Gasteiger partial charge in [-0.15, -0.1) is 0 Å². The number of fused-ring (bicyclic) bond motifs is 1. The summed E-state index contributed by atoms with van der Waals surface area (Å²) in [5.41, 5.74) is 0.446. The van der Waals surface area contributed by atoms with Crippen molar-refractivity contribution < 1.29 is 15.0 Å². The van der Waals surface area contributed by atoms with E-state index in [-0.39, 0.29) is 16.7 Å². The molecule has 2 rings (SSSR count). The largest absolute Gasteiger partial charge is 0.506 e. The summed E-state index contributed by atoms with van der Waals surface area (Å²) in [5.74, 6) is -1.47. The molecule has 0 aliphatic heterocycles. The van der Waals surface area contributed by atoms with E-state index in [1.165, 1.54) is 22.7 Å². The van der Waals surface area contributed by atoms with Crippen molar-refractivity contribution in [1.82, 2.24) is 9.38 Å². The van der Waals surface area contributed by atoms with E-state index in [2.05, 4.69) is 4.98 Å². The lowest BCUT2D eigenvalue weighted by Crippen LogP contribution is -2.02. The molecule has 2 N–H and O–H groups in total. The second-order valence-corrected chi connectivity index (χ2v) is 3.03. The molecule has 6 heteroatoms. The van der Waals surface area contributed by atoms with Crippen LogP contribution in [0.2, 0.25) is 5.15 Å². The molecule has 0 aromatic carbocycles. The topological polar surface area (TPSA) is 74.8 Å². The second kappa shape index (κ2) is 2.88. The Morgan fingerprint density at radius 3 is 2.86 bits per heavy atom. The number of imidazole rings is 1. The Morgan fingerprint density at radius 2 is 2.21 bits per heavy atom. The van der Waals surface area contributed by atoms with Crippen molar-refractivity contribution in [2.45, 2.75) is 0 Å². The molecule has 2 heterocycles. The van der Waals surface area contributed by atoms with Crippen molar-refractivity contribution in [2.24, 2.45) is 0 Å². The van der Waals surface area contributed by atoms with E-state index < -0.39 is 5.97 Å². The van der Waals surface area contributed by atoms with E-state index >= 15 is 0 Å². The highest BCUT2D eigenvalue weighted by molar-refractivity contribution is 6.32. The van der Waals surface area contributed by atoms with Crippen LogP contribution in [0.4, 0.5) is 0 Å². The van der Waals surface area contributed by atoms with Crippen molar-refractivity contribution in [1.29, 1.82) is 0 Å². The predicted octanol–water partition coefficient (Wildman–Crippen LogP) is 1.39. The maximum atomic E-state index is 10.7. The van der Waals surface area contributed by atoms with E-state index in [4.69, 9.17) is 21.8 Å². The molecule has 0 atom stereocenters. The Kier molecular flexibility index (Phi) is 1.82. The molecule has 0 saturated heterocycles. The van der Waals surface area contributed by atoms with Gasteiger partial charge >= 0.3 is 5.97 Å². The van der Waals surface area contributed by atoms with Gasteiger partial charge in [0, 0.05) is 0 Å². The number of carbonyl (C=O) groups is 1. The Bertz CT molecular complexity index is 521. The van der Waals surface area contributed by atoms with E-state index in [0.29, 0.717) is 5.52 Å². The summed E-state index contributed by atoms with van der Waals surface area (Å²) in [6.07, 6.45) is 1.25. The fraction of sp³-hybridized carbons (Fsp3) is 0. The summed E-state index contributed by atoms with van der Waals surface area (Å²) in [4.78, 5) is 14.4. The van der Waals surface area contributed by atoms with Crippen molar-refractivity contribution in [2.75, 3.05) is 0 Å². The van der Waals surface area contributed by atoms with Gasteiger partial charge in [0.25, 0.3) is 0 Å².